The van der Waals surface area contributed by atoms with Gasteiger partial charge in [0.25, 0.3) is 0 Å². The zero-order chi connectivity index (χ0) is 10.7. The molecule has 0 saturated carbocycles. The van der Waals surface area contributed by atoms with Gasteiger partial charge in [-0.3, -0.25) is 4.90 Å². The predicted molar refractivity (Wildman–Crippen MR) is 64.8 cm³/mol. The van der Waals surface area contributed by atoms with E-state index in [0.717, 1.165) is 35.5 Å². The summed E-state index contributed by atoms with van der Waals surface area (Å²) in [4.78, 5) is 3.35. The molecular formula is C10H12BrN3S. The Balaban J connectivity index is 2.17. The maximum atomic E-state index is 9.25. The number of nitriles is 1. The van der Waals surface area contributed by atoms with Gasteiger partial charge in [0.2, 0.25) is 0 Å². The standard InChI is InChI=1S/C10H12BrN3S/c11-8-1-6-15-10(8)9(7-12)14-4-2-13-3-5-14/h1,6,9,13H,2-5H2. The maximum absolute atomic E-state index is 9.25. The van der Waals surface area contributed by atoms with Crippen LogP contribution in [0.25, 0.3) is 0 Å². The summed E-state index contributed by atoms with van der Waals surface area (Å²) < 4.78 is 1.05. The zero-order valence-corrected chi connectivity index (χ0v) is 10.6. The minimum atomic E-state index is -0.0959. The normalized spacial score (nSPS) is 19.7. The van der Waals surface area contributed by atoms with E-state index in [2.05, 4.69) is 32.2 Å². The molecule has 0 spiro atoms. The quantitative estimate of drug-likeness (QED) is 0.903. The lowest BCUT2D eigenvalue weighted by Crippen LogP contribution is -2.44. The summed E-state index contributed by atoms with van der Waals surface area (Å²) in [5.41, 5.74) is 0. The first-order valence-electron chi connectivity index (χ1n) is 4.90. The number of hydrogen-bond acceptors (Lipinski definition) is 4. The van der Waals surface area contributed by atoms with Crippen molar-refractivity contribution in [3.05, 3.63) is 20.8 Å². The van der Waals surface area contributed by atoms with Crippen molar-refractivity contribution < 1.29 is 0 Å². The largest absolute Gasteiger partial charge is 0.314 e. The van der Waals surface area contributed by atoms with E-state index in [0.29, 0.717) is 0 Å². The van der Waals surface area contributed by atoms with E-state index in [-0.39, 0.29) is 6.04 Å². The highest BCUT2D eigenvalue weighted by molar-refractivity contribution is 9.10. The number of halogens is 1. The lowest BCUT2D eigenvalue weighted by molar-refractivity contribution is 0.209. The molecular weight excluding hydrogens is 274 g/mol. The number of hydrogen-bond donors (Lipinski definition) is 1. The third kappa shape index (κ3) is 2.40. The SMILES string of the molecule is N#CC(c1sccc1Br)N1CCNCC1. The molecule has 5 heteroatoms. The third-order valence-corrected chi connectivity index (χ3v) is 4.46. The van der Waals surface area contributed by atoms with Crippen molar-refractivity contribution in [2.45, 2.75) is 6.04 Å². The molecule has 0 amide bonds. The molecule has 1 N–H and O–H groups in total. The van der Waals surface area contributed by atoms with Gasteiger partial charge in [-0.05, 0) is 27.4 Å². The second-order valence-electron chi connectivity index (χ2n) is 3.45. The predicted octanol–water partition coefficient (Wildman–Crippen LogP) is 1.98. The van der Waals surface area contributed by atoms with Crippen LogP contribution in [0.15, 0.2) is 15.9 Å². The Bertz CT molecular complexity index is 365. The molecule has 0 bridgehead atoms. The minimum absolute atomic E-state index is 0.0959. The summed E-state index contributed by atoms with van der Waals surface area (Å²) in [5, 5.41) is 14.6. The van der Waals surface area contributed by atoms with Gasteiger partial charge in [-0.1, -0.05) is 0 Å². The lowest BCUT2D eigenvalue weighted by atomic mass is 10.2. The van der Waals surface area contributed by atoms with Crippen molar-refractivity contribution in [2.75, 3.05) is 26.2 Å². The zero-order valence-electron chi connectivity index (χ0n) is 8.24. The Morgan fingerprint density at radius 3 is 2.80 bits per heavy atom. The topological polar surface area (TPSA) is 39.1 Å². The van der Waals surface area contributed by atoms with Gasteiger partial charge in [0.1, 0.15) is 6.04 Å². The summed E-state index contributed by atoms with van der Waals surface area (Å²) in [7, 11) is 0. The van der Waals surface area contributed by atoms with Crippen LogP contribution in [0.4, 0.5) is 0 Å². The van der Waals surface area contributed by atoms with E-state index in [1.807, 2.05) is 11.4 Å². The fourth-order valence-corrected chi connectivity index (χ4v) is 3.41. The Hall–Kier alpha value is -0.410. The van der Waals surface area contributed by atoms with E-state index in [1.165, 1.54) is 0 Å². The van der Waals surface area contributed by atoms with E-state index >= 15 is 0 Å². The molecule has 1 aromatic heterocycles. The van der Waals surface area contributed by atoms with Crippen LogP contribution in [0.1, 0.15) is 10.9 Å². The van der Waals surface area contributed by atoms with Crippen molar-refractivity contribution in [1.82, 2.24) is 10.2 Å². The molecule has 3 nitrogen and oxygen atoms in total. The van der Waals surface area contributed by atoms with Crippen molar-refractivity contribution in [3.63, 3.8) is 0 Å². The van der Waals surface area contributed by atoms with Crippen molar-refractivity contribution in [3.8, 4) is 6.07 Å². The van der Waals surface area contributed by atoms with Crippen molar-refractivity contribution >= 4 is 27.3 Å². The molecule has 1 atom stereocenters. The number of rotatable bonds is 2. The molecule has 15 heavy (non-hydrogen) atoms. The summed E-state index contributed by atoms with van der Waals surface area (Å²) >= 11 is 5.14. The smallest absolute Gasteiger partial charge is 0.134 e. The minimum Gasteiger partial charge on any atom is -0.314 e. The first kappa shape index (κ1) is 11.1. The highest BCUT2D eigenvalue weighted by Crippen LogP contribution is 2.32. The van der Waals surface area contributed by atoms with Gasteiger partial charge >= 0.3 is 0 Å². The molecule has 1 aromatic rings. The Labute approximate surface area is 102 Å². The summed E-state index contributed by atoms with van der Waals surface area (Å²) in [6.07, 6.45) is 0. The van der Waals surface area contributed by atoms with Crippen LogP contribution in [0.3, 0.4) is 0 Å². The number of nitrogens with zero attached hydrogens (tertiary/aromatic N) is 2. The van der Waals surface area contributed by atoms with Gasteiger partial charge in [-0.2, -0.15) is 5.26 Å². The molecule has 1 aliphatic heterocycles. The third-order valence-electron chi connectivity index (χ3n) is 2.53. The van der Waals surface area contributed by atoms with Gasteiger partial charge < -0.3 is 5.32 Å². The average molecular weight is 286 g/mol. The molecule has 2 rings (SSSR count). The van der Waals surface area contributed by atoms with E-state index in [1.54, 1.807) is 11.3 Å². The molecule has 1 unspecified atom stereocenters. The fourth-order valence-electron chi connectivity index (χ4n) is 1.75. The van der Waals surface area contributed by atoms with Crippen LogP contribution >= 0.6 is 27.3 Å². The van der Waals surface area contributed by atoms with Crippen LogP contribution in [0.2, 0.25) is 0 Å². The first-order chi connectivity index (χ1) is 7.33. The molecule has 80 valence electrons. The van der Waals surface area contributed by atoms with Gasteiger partial charge in [0.15, 0.2) is 0 Å². The monoisotopic (exact) mass is 285 g/mol. The van der Waals surface area contributed by atoms with E-state index in [4.69, 9.17) is 0 Å². The van der Waals surface area contributed by atoms with Crippen LogP contribution in [-0.4, -0.2) is 31.1 Å². The highest BCUT2D eigenvalue weighted by Gasteiger charge is 2.24. The highest BCUT2D eigenvalue weighted by atomic mass is 79.9. The summed E-state index contributed by atoms with van der Waals surface area (Å²) in [6, 6.07) is 4.30. The number of nitrogens with one attached hydrogen (secondary N) is 1. The van der Waals surface area contributed by atoms with E-state index < -0.39 is 0 Å². The van der Waals surface area contributed by atoms with Crippen LogP contribution in [-0.2, 0) is 0 Å². The Morgan fingerprint density at radius 2 is 2.27 bits per heavy atom. The molecule has 0 radical (unpaired) electrons. The summed E-state index contributed by atoms with van der Waals surface area (Å²) in [5.74, 6) is 0. The van der Waals surface area contributed by atoms with Crippen LogP contribution < -0.4 is 5.32 Å². The molecule has 1 aliphatic rings. The van der Waals surface area contributed by atoms with Gasteiger partial charge in [-0.25, -0.2) is 0 Å². The van der Waals surface area contributed by atoms with Gasteiger partial charge in [0.05, 0.1) is 10.9 Å². The molecule has 1 fully saturated rings. The van der Waals surface area contributed by atoms with Gasteiger partial charge in [0, 0.05) is 30.7 Å². The van der Waals surface area contributed by atoms with E-state index in [9.17, 15) is 5.26 Å². The molecule has 1 saturated heterocycles. The van der Waals surface area contributed by atoms with Crippen LogP contribution in [0, 0.1) is 11.3 Å². The van der Waals surface area contributed by atoms with Gasteiger partial charge in [-0.15, -0.1) is 11.3 Å². The maximum Gasteiger partial charge on any atom is 0.134 e. The number of piperazine rings is 1. The molecule has 2 heterocycles. The van der Waals surface area contributed by atoms with Crippen molar-refractivity contribution in [1.29, 1.82) is 5.26 Å². The summed E-state index contributed by atoms with van der Waals surface area (Å²) in [6.45, 7) is 3.84. The molecule has 0 aromatic carbocycles. The fraction of sp³-hybridized carbons (Fsp3) is 0.500. The molecule has 0 aliphatic carbocycles. The average Bonchev–Trinajstić information content (AvgIpc) is 2.68. The Kier molecular flexibility index (Phi) is 3.76. The second-order valence-corrected chi connectivity index (χ2v) is 5.25. The second kappa shape index (κ2) is 5.08. The lowest BCUT2D eigenvalue weighted by Gasteiger charge is -2.30. The Morgan fingerprint density at radius 1 is 1.53 bits per heavy atom. The number of thiophene rings is 1. The van der Waals surface area contributed by atoms with Crippen LogP contribution in [0.5, 0.6) is 0 Å². The van der Waals surface area contributed by atoms with Crippen molar-refractivity contribution in [2.24, 2.45) is 0 Å². The first-order valence-corrected chi connectivity index (χ1v) is 6.57.